The summed E-state index contributed by atoms with van der Waals surface area (Å²) in [5.41, 5.74) is 3.73. The summed E-state index contributed by atoms with van der Waals surface area (Å²) < 4.78 is 1.53. The highest BCUT2D eigenvalue weighted by Crippen LogP contribution is 2.17. The van der Waals surface area contributed by atoms with Crippen LogP contribution in [0.1, 0.15) is 48.2 Å². The molecule has 0 aliphatic rings. The molecule has 0 saturated heterocycles. The van der Waals surface area contributed by atoms with Gasteiger partial charge >= 0.3 is 0 Å². The molecule has 6 heteroatoms. The minimum Gasteiger partial charge on any atom is -0.352 e. The number of fused-ring (bicyclic) bond motifs is 1. The Labute approximate surface area is 177 Å². The maximum atomic E-state index is 13.3. The van der Waals surface area contributed by atoms with Crippen molar-refractivity contribution in [3.63, 3.8) is 0 Å². The molecule has 0 bridgehead atoms. The molecule has 0 unspecified atom stereocenters. The minimum absolute atomic E-state index is 0.130. The Morgan fingerprint density at radius 2 is 1.97 bits per heavy atom. The molecule has 3 rings (SSSR count). The standard InChI is InChI=1S/C24H30N4O2/c1-5-7-12-27(4)15-18-9-11-21-20(13-18)24(30)28(16-26-21)22-14-19(10-8-17(22)3)23(29)25-6-2/h8-11,13-14,16H,5-7,12,15H2,1-4H3,(H,25,29). The number of rotatable bonds is 8. The van der Waals surface area contributed by atoms with E-state index in [-0.39, 0.29) is 11.5 Å². The van der Waals surface area contributed by atoms with Gasteiger partial charge < -0.3 is 10.2 Å². The second-order valence-electron chi connectivity index (χ2n) is 7.72. The lowest BCUT2D eigenvalue weighted by Crippen LogP contribution is -2.24. The van der Waals surface area contributed by atoms with E-state index in [4.69, 9.17) is 0 Å². The third-order valence-electron chi connectivity index (χ3n) is 5.24. The van der Waals surface area contributed by atoms with Crippen molar-refractivity contribution < 1.29 is 4.79 Å². The van der Waals surface area contributed by atoms with Crippen LogP contribution in [0.15, 0.2) is 47.5 Å². The van der Waals surface area contributed by atoms with Crippen molar-refractivity contribution in [2.45, 2.75) is 40.2 Å². The number of hydrogen-bond donors (Lipinski definition) is 1. The first-order valence-corrected chi connectivity index (χ1v) is 10.5. The quantitative estimate of drug-likeness (QED) is 0.620. The zero-order valence-electron chi connectivity index (χ0n) is 18.2. The lowest BCUT2D eigenvalue weighted by molar-refractivity contribution is 0.0956. The Morgan fingerprint density at radius 3 is 2.70 bits per heavy atom. The minimum atomic E-state index is -0.155. The fraction of sp³-hybridized carbons (Fsp3) is 0.375. The second kappa shape index (κ2) is 9.67. The molecule has 3 aromatic rings. The summed E-state index contributed by atoms with van der Waals surface area (Å²) in [5, 5.41) is 3.38. The van der Waals surface area contributed by atoms with Gasteiger partial charge in [0.25, 0.3) is 11.5 Å². The Kier molecular flexibility index (Phi) is 7.00. The van der Waals surface area contributed by atoms with Crippen LogP contribution in [0.4, 0.5) is 0 Å². The summed E-state index contributed by atoms with van der Waals surface area (Å²) in [6, 6.07) is 11.2. The van der Waals surface area contributed by atoms with Crippen molar-refractivity contribution in [1.82, 2.24) is 19.8 Å². The number of nitrogens with one attached hydrogen (secondary N) is 1. The molecule has 1 heterocycles. The first kappa shape index (κ1) is 21.7. The topological polar surface area (TPSA) is 67.2 Å². The predicted molar refractivity (Wildman–Crippen MR) is 121 cm³/mol. The lowest BCUT2D eigenvalue weighted by atomic mass is 10.1. The SMILES string of the molecule is CCCCN(C)Cc1ccc2ncn(-c3cc(C(=O)NCC)ccc3C)c(=O)c2c1. The first-order chi connectivity index (χ1) is 14.4. The van der Waals surface area contributed by atoms with E-state index in [1.165, 1.54) is 4.57 Å². The average molecular weight is 407 g/mol. The molecule has 0 spiro atoms. The van der Waals surface area contributed by atoms with Crippen molar-refractivity contribution in [2.24, 2.45) is 0 Å². The van der Waals surface area contributed by atoms with E-state index in [1.54, 1.807) is 18.5 Å². The smallest absolute Gasteiger partial charge is 0.265 e. The summed E-state index contributed by atoms with van der Waals surface area (Å²) in [4.78, 5) is 32.3. The Balaban J connectivity index is 2.01. The molecule has 0 aliphatic carbocycles. The van der Waals surface area contributed by atoms with Crippen molar-refractivity contribution in [3.8, 4) is 5.69 Å². The maximum Gasteiger partial charge on any atom is 0.265 e. The summed E-state index contributed by atoms with van der Waals surface area (Å²) in [5.74, 6) is -0.155. The van der Waals surface area contributed by atoms with Crippen LogP contribution in [-0.4, -0.2) is 40.5 Å². The number of nitrogens with zero attached hydrogens (tertiary/aromatic N) is 3. The molecular weight excluding hydrogens is 376 g/mol. The van der Waals surface area contributed by atoms with Gasteiger partial charge in [0.05, 0.1) is 16.6 Å². The lowest BCUT2D eigenvalue weighted by Gasteiger charge is -2.16. The van der Waals surface area contributed by atoms with Gasteiger partial charge in [0.2, 0.25) is 0 Å². The van der Waals surface area contributed by atoms with Crippen LogP contribution >= 0.6 is 0 Å². The van der Waals surface area contributed by atoms with Crippen LogP contribution in [-0.2, 0) is 6.54 Å². The molecule has 2 aromatic carbocycles. The van der Waals surface area contributed by atoms with E-state index >= 15 is 0 Å². The van der Waals surface area contributed by atoms with Crippen LogP contribution in [0.25, 0.3) is 16.6 Å². The van der Waals surface area contributed by atoms with E-state index in [0.717, 1.165) is 37.1 Å². The van der Waals surface area contributed by atoms with Gasteiger partial charge in [0.15, 0.2) is 0 Å². The van der Waals surface area contributed by atoms with E-state index in [9.17, 15) is 9.59 Å². The van der Waals surface area contributed by atoms with E-state index in [0.29, 0.717) is 28.7 Å². The molecule has 0 aliphatic heterocycles. The number of hydrogen-bond acceptors (Lipinski definition) is 4. The molecule has 1 N–H and O–H groups in total. The molecule has 1 amide bonds. The van der Waals surface area contributed by atoms with Crippen LogP contribution in [0, 0.1) is 6.92 Å². The Bertz CT molecular complexity index is 1100. The fourth-order valence-corrected chi connectivity index (χ4v) is 3.53. The van der Waals surface area contributed by atoms with E-state index in [2.05, 4.69) is 29.2 Å². The maximum absolute atomic E-state index is 13.3. The Hall–Kier alpha value is -2.99. The van der Waals surface area contributed by atoms with Crippen LogP contribution < -0.4 is 10.9 Å². The zero-order valence-corrected chi connectivity index (χ0v) is 18.2. The third-order valence-corrected chi connectivity index (χ3v) is 5.24. The van der Waals surface area contributed by atoms with Gasteiger partial charge in [-0.3, -0.25) is 14.2 Å². The molecule has 0 fully saturated rings. The second-order valence-corrected chi connectivity index (χ2v) is 7.72. The monoisotopic (exact) mass is 406 g/mol. The number of aryl methyl sites for hydroxylation is 1. The van der Waals surface area contributed by atoms with E-state index in [1.807, 2.05) is 38.1 Å². The van der Waals surface area contributed by atoms with Gasteiger partial charge in [0.1, 0.15) is 6.33 Å². The molecule has 6 nitrogen and oxygen atoms in total. The van der Waals surface area contributed by atoms with Gasteiger partial charge in [-0.15, -0.1) is 0 Å². The van der Waals surface area contributed by atoms with Gasteiger partial charge in [-0.2, -0.15) is 0 Å². The third kappa shape index (κ3) is 4.76. The summed E-state index contributed by atoms with van der Waals surface area (Å²) >= 11 is 0. The molecule has 0 saturated carbocycles. The normalized spacial score (nSPS) is 11.2. The predicted octanol–water partition coefficient (Wildman–Crippen LogP) is 3.68. The molecule has 0 radical (unpaired) electrons. The molecular formula is C24H30N4O2. The highest BCUT2D eigenvalue weighted by molar-refractivity contribution is 5.94. The number of carbonyl (C=O) groups excluding carboxylic acids is 1. The molecule has 30 heavy (non-hydrogen) atoms. The van der Waals surface area contributed by atoms with Gasteiger partial charge in [-0.1, -0.05) is 25.5 Å². The van der Waals surface area contributed by atoms with Crippen LogP contribution in [0.2, 0.25) is 0 Å². The number of unbranched alkanes of at least 4 members (excludes halogenated alkanes) is 1. The van der Waals surface area contributed by atoms with Crippen molar-refractivity contribution in [2.75, 3.05) is 20.1 Å². The van der Waals surface area contributed by atoms with Crippen molar-refractivity contribution in [1.29, 1.82) is 0 Å². The largest absolute Gasteiger partial charge is 0.352 e. The Morgan fingerprint density at radius 1 is 1.17 bits per heavy atom. The van der Waals surface area contributed by atoms with Crippen LogP contribution in [0.3, 0.4) is 0 Å². The zero-order chi connectivity index (χ0) is 21.7. The molecule has 0 atom stereocenters. The van der Waals surface area contributed by atoms with E-state index < -0.39 is 0 Å². The van der Waals surface area contributed by atoms with Gasteiger partial charge in [-0.05, 0) is 69.3 Å². The van der Waals surface area contributed by atoms with Crippen molar-refractivity contribution in [3.05, 3.63) is 69.8 Å². The average Bonchev–Trinajstić information content (AvgIpc) is 2.74. The molecule has 1 aromatic heterocycles. The number of carbonyl (C=O) groups is 1. The summed E-state index contributed by atoms with van der Waals surface area (Å²) in [6.07, 6.45) is 3.85. The highest BCUT2D eigenvalue weighted by atomic mass is 16.1. The van der Waals surface area contributed by atoms with Crippen LogP contribution in [0.5, 0.6) is 0 Å². The summed E-state index contributed by atoms with van der Waals surface area (Å²) in [6.45, 7) is 8.35. The first-order valence-electron chi connectivity index (χ1n) is 10.5. The number of amides is 1. The van der Waals surface area contributed by atoms with Gasteiger partial charge in [-0.25, -0.2) is 4.98 Å². The van der Waals surface area contributed by atoms with Crippen molar-refractivity contribution >= 4 is 16.8 Å². The highest BCUT2D eigenvalue weighted by Gasteiger charge is 2.12. The van der Waals surface area contributed by atoms with Gasteiger partial charge in [0, 0.05) is 18.7 Å². The molecule has 158 valence electrons. The summed E-state index contributed by atoms with van der Waals surface area (Å²) in [7, 11) is 2.09. The number of aromatic nitrogens is 2. The fourth-order valence-electron chi connectivity index (χ4n) is 3.53. The number of benzene rings is 2.